The molecule has 0 aliphatic rings. The first kappa shape index (κ1) is 13.4. The number of nitrogens with two attached hydrogens (primary N) is 1. The lowest BCUT2D eigenvalue weighted by atomic mass is 10.0. The van der Waals surface area contributed by atoms with Crippen molar-refractivity contribution >= 4 is 11.7 Å². The molecular formula is C14H10FN3O2. The van der Waals surface area contributed by atoms with Crippen molar-refractivity contribution in [3.8, 4) is 17.2 Å². The van der Waals surface area contributed by atoms with Crippen LogP contribution in [0.25, 0.3) is 11.1 Å². The second-order valence-electron chi connectivity index (χ2n) is 3.87. The molecule has 2 rings (SSSR count). The van der Waals surface area contributed by atoms with E-state index in [0.29, 0.717) is 5.56 Å². The molecule has 3 N–H and O–H groups in total. The number of nitrogens with zero attached hydrogens (tertiary/aromatic N) is 1. The molecule has 0 aliphatic carbocycles. The van der Waals surface area contributed by atoms with E-state index >= 15 is 0 Å². The van der Waals surface area contributed by atoms with Gasteiger partial charge in [-0.3, -0.25) is 0 Å². The number of carbonyl (C=O) groups excluding carboxylic acids is 1. The van der Waals surface area contributed by atoms with Crippen LogP contribution < -0.4 is 5.73 Å². The van der Waals surface area contributed by atoms with Crippen molar-refractivity contribution in [2.24, 2.45) is 0 Å². The predicted molar refractivity (Wildman–Crippen MR) is 70.9 cm³/mol. The fourth-order valence-electron chi connectivity index (χ4n) is 1.79. The number of halogens is 1. The highest BCUT2D eigenvalue weighted by Crippen LogP contribution is 2.30. The number of anilines is 1. The lowest BCUT2D eigenvalue weighted by molar-refractivity contribution is 0.0665. The first-order chi connectivity index (χ1) is 9.58. The van der Waals surface area contributed by atoms with Crippen LogP contribution in [0.1, 0.15) is 16.1 Å². The van der Waals surface area contributed by atoms with E-state index < -0.39 is 11.8 Å². The summed E-state index contributed by atoms with van der Waals surface area (Å²) < 4.78 is 18.2. The fourth-order valence-corrected chi connectivity index (χ4v) is 1.79. The highest BCUT2D eigenvalue weighted by atomic mass is 19.1. The van der Waals surface area contributed by atoms with Gasteiger partial charge >= 0.3 is 5.97 Å². The van der Waals surface area contributed by atoms with E-state index in [1.165, 1.54) is 18.3 Å². The molecule has 1 heterocycles. The van der Waals surface area contributed by atoms with Gasteiger partial charge in [-0.05, 0) is 17.7 Å². The molecule has 5 nitrogen and oxygen atoms in total. The van der Waals surface area contributed by atoms with E-state index in [9.17, 15) is 9.18 Å². The van der Waals surface area contributed by atoms with Crippen LogP contribution in [-0.4, -0.2) is 11.0 Å². The molecule has 0 aliphatic heterocycles. The van der Waals surface area contributed by atoms with Crippen LogP contribution in [0.4, 0.5) is 10.1 Å². The van der Waals surface area contributed by atoms with E-state index in [1.807, 2.05) is 6.07 Å². The van der Waals surface area contributed by atoms with Crippen molar-refractivity contribution in [3.05, 3.63) is 54.3 Å². The number of rotatable bonds is 3. The maximum atomic E-state index is 13.5. The minimum Gasteiger partial charge on any atom is -0.431 e. The highest BCUT2D eigenvalue weighted by Gasteiger charge is 2.20. The van der Waals surface area contributed by atoms with Crippen LogP contribution in [-0.2, 0) is 4.74 Å². The zero-order chi connectivity index (χ0) is 14.7. The Morgan fingerprint density at radius 2 is 2.30 bits per heavy atom. The third-order valence-electron chi connectivity index (χ3n) is 2.69. The molecule has 100 valence electrons. The van der Waals surface area contributed by atoms with Crippen LogP contribution >= 0.6 is 0 Å². The van der Waals surface area contributed by atoms with Crippen LogP contribution in [0.15, 0.2) is 37.2 Å². The molecule has 0 saturated carbocycles. The number of hydrogen-bond donors (Lipinski definition) is 2. The zero-order valence-electron chi connectivity index (χ0n) is 10.3. The lowest BCUT2D eigenvalue weighted by Crippen LogP contribution is -2.01. The Balaban J connectivity index is 2.62. The van der Waals surface area contributed by atoms with Gasteiger partial charge in [-0.25, -0.2) is 9.18 Å². The molecule has 1 aromatic carbocycles. The Morgan fingerprint density at radius 1 is 1.55 bits per heavy atom. The molecule has 1 aromatic heterocycles. The summed E-state index contributed by atoms with van der Waals surface area (Å²) in [4.78, 5) is 14.4. The van der Waals surface area contributed by atoms with Gasteiger partial charge in [0.05, 0.1) is 17.5 Å². The third kappa shape index (κ3) is 2.24. The van der Waals surface area contributed by atoms with E-state index in [4.69, 9.17) is 11.0 Å². The number of aromatic amines is 1. The molecule has 2 aromatic rings. The summed E-state index contributed by atoms with van der Waals surface area (Å²) in [5, 5.41) is 9.06. The first-order valence-electron chi connectivity index (χ1n) is 5.57. The van der Waals surface area contributed by atoms with Gasteiger partial charge in [0.2, 0.25) is 0 Å². The zero-order valence-corrected chi connectivity index (χ0v) is 10.3. The van der Waals surface area contributed by atoms with Gasteiger partial charge in [0, 0.05) is 11.8 Å². The van der Waals surface area contributed by atoms with Crippen molar-refractivity contribution in [2.45, 2.75) is 0 Å². The SMILES string of the molecule is C=COC(=O)c1c[nH]c(C#N)c1-c1ccc(N)c(F)c1. The summed E-state index contributed by atoms with van der Waals surface area (Å²) in [5.74, 6) is -1.32. The number of H-pyrrole nitrogens is 1. The van der Waals surface area contributed by atoms with Crippen LogP contribution in [0.2, 0.25) is 0 Å². The molecule has 0 saturated heterocycles. The number of ether oxygens (including phenoxy) is 1. The number of nitrogens with one attached hydrogen (secondary N) is 1. The quantitative estimate of drug-likeness (QED) is 0.510. The molecular weight excluding hydrogens is 261 g/mol. The average molecular weight is 271 g/mol. The van der Waals surface area contributed by atoms with Gasteiger partial charge < -0.3 is 15.5 Å². The Labute approximate surface area is 114 Å². The number of benzene rings is 1. The van der Waals surface area contributed by atoms with Gasteiger partial charge in [0.25, 0.3) is 0 Å². The standard InChI is InChI=1S/C14H10FN3O2/c1-2-20-14(19)9-7-18-12(6-16)13(9)8-3-4-11(17)10(15)5-8/h2-5,7,18H,1,17H2. The van der Waals surface area contributed by atoms with Crippen molar-refractivity contribution in [3.63, 3.8) is 0 Å². The Hall–Kier alpha value is -3.07. The van der Waals surface area contributed by atoms with Crippen LogP contribution in [0.5, 0.6) is 0 Å². The maximum Gasteiger partial charge on any atom is 0.345 e. The van der Waals surface area contributed by atoms with Crippen molar-refractivity contribution in [1.29, 1.82) is 5.26 Å². The van der Waals surface area contributed by atoms with Gasteiger partial charge in [0.15, 0.2) is 0 Å². The fraction of sp³-hybridized carbons (Fsp3) is 0. The molecule has 0 atom stereocenters. The van der Waals surface area contributed by atoms with Gasteiger partial charge in [-0.15, -0.1) is 0 Å². The summed E-state index contributed by atoms with van der Waals surface area (Å²) >= 11 is 0. The molecule has 20 heavy (non-hydrogen) atoms. The number of nitrogen functional groups attached to an aromatic ring is 1. The highest BCUT2D eigenvalue weighted by molar-refractivity contribution is 5.99. The molecule has 6 heteroatoms. The monoisotopic (exact) mass is 271 g/mol. The smallest absolute Gasteiger partial charge is 0.345 e. The minimum absolute atomic E-state index is 0.0157. The first-order valence-corrected chi connectivity index (χ1v) is 5.57. The number of hydrogen-bond acceptors (Lipinski definition) is 4. The second kappa shape index (κ2) is 5.28. The molecule has 0 bridgehead atoms. The lowest BCUT2D eigenvalue weighted by Gasteiger charge is -2.05. The molecule has 0 unspecified atom stereocenters. The topological polar surface area (TPSA) is 91.9 Å². The third-order valence-corrected chi connectivity index (χ3v) is 2.69. The summed E-state index contributed by atoms with van der Waals surface area (Å²) in [6.45, 7) is 3.29. The number of esters is 1. The van der Waals surface area contributed by atoms with Crippen molar-refractivity contribution < 1.29 is 13.9 Å². The van der Waals surface area contributed by atoms with Crippen LogP contribution in [0, 0.1) is 17.1 Å². The maximum absolute atomic E-state index is 13.5. The molecule has 0 fully saturated rings. The molecule has 0 amide bonds. The second-order valence-corrected chi connectivity index (χ2v) is 3.87. The largest absolute Gasteiger partial charge is 0.431 e. The van der Waals surface area contributed by atoms with E-state index in [1.54, 1.807) is 0 Å². The molecule has 0 radical (unpaired) electrons. The van der Waals surface area contributed by atoms with E-state index in [0.717, 1.165) is 12.3 Å². The number of aromatic nitrogens is 1. The van der Waals surface area contributed by atoms with Gasteiger partial charge in [0.1, 0.15) is 17.6 Å². The summed E-state index contributed by atoms with van der Waals surface area (Å²) in [6, 6.07) is 5.94. The Kier molecular flexibility index (Phi) is 3.53. The van der Waals surface area contributed by atoms with E-state index in [-0.39, 0.29) is 22.5 Å². The van der Waals surface area contributed by atoms with Crippen molar-refractivity contribution in [2.75, 3.05) is 5.73 Å². The number of nitriles is 1. The van der Waals surface area contributed by atoms with Crippen LogP contribution in [0.3, 0.4) is 0 Å². The summed E-state index contributed by atoms with van der Waals surface area (Å²) in [7, 11) is 0. The normalized spacial score (nSPS) is 9.80. The van der Waals surface area contributed by atoms with Gasteiger partial charge in [-0.1, -0.05) is 12.6 Å². The van der Waals surface area contributed by atoms with E-state index in [2.05, 4.69) is 16.3 Å². The Morgan fingerprint density at radius 3 is 2.90 bits per heavy atom. The number of carbonyl (C=O) groups is 1. The minimum atomic E-state index is -0.690. The van der Waals surface area contributed by atoms with Gasteiger partial charge in [-0.2, -0.15) is 5.26 Å². The summed E-state index contributed by atoms with van der Waals surface area (Å²) in [5.41, 5.74) is 6.25. The predicted octanol–water partition coefficient (Wildman–Crippen LogP) is 2.57. The Bertz CT molecular complexity index is 729. The van der Waals surface area contributed by atoms with Crippen molar-refractivity contribution in [1.82, 2.24) is 4.98 Å². The summed E-state index contributed by atoms with van der Waals surface area (Å²) in [6.07, 6.45) is 2.31. The average Bonchev–Trinajstić information content (AvgIpc) is 2.86. The molecule has 0 spiro atoms.